The summed E-state index contributed by atoms with van der Waals surface area (Å²) < 4.78 is 0. The van der Waals surface area contributed by atoms with Gasteiger partial charge in [-0.1, -0.05) is 0 Å². The van der Waals surface area contributed by atoms with Crippen molar-refractivity contribution in [1.29, 1.82) is 0 Å². The Morgan fingerprint density at radius 3 is 0.429 bits per heavy atom. The smallest absolute Gasteiger partial charge is 0 e. The maximum absolute atomic E-state index is 0. The molecular formula is O5UW-10. The molecule has 0 rings (SSSR count). The average Bonchev–Trinajstić information content (AvgIpc) is 0. The normalized spacial score (nSPS) is 0. The molecule has 0 fully saturated rings. The standard InChI is InChI=1S/5O.U.W/q5*-2;;. The molecule has 0 aliphatic rings. The van der Waals surface area contributed by atoms with Gasteiger partial charge in [0.25, 0.3) is 0 Å². The Morgan fingerprint density at radius 2 is 0.429 bits per heavy atom. The first-order valence-electron chi connectivity index (χ1n) is 0. The van der Waals surface area contributed by atoms with E-state index in [0.29, 0.717) is 0 Å². The topological polar surface area (TPSA) is 142 Å². The molecule has 0 saturated heterocycles. The molecule has 0 saturated carbocycles. The van der Waals surface area contributed by atoms with Gasteiger partial charge in [-0.3, -0.25) is 0 Å². The Morgan fingerprint density at radius 1 is 0.429 bits per heavy atom. The Balaban J connectivity index is 0. The summed E-state index contributed by atoms with van der Waals surface area (Å²) in [5.41, 5.74) is 0. The minimum Gasteiger partial charge on any atom is -2.00 e. The molecule has 50 valence electrons. The van der Waals surface area contributed by atoms with Gasteiger partial charge in [0.1, 0.15) is 0 Å². The fourth-order valence-corrected chi connectivity index (χ4v) is 0. The summed E-state index contributed by atoms with van der Waals surface area (Å²) in [6.07, 6.45) is 0. The fraction of sp³-hybridized carbons (Fsp3) is 0. The van der Waals surface area contributed by atoms with Gasteiger partial charge in [0.15, 0.2) is 0 Å². The van der Waals surface area contributed by atoms with Crippen molar-refractivity contribution in [2.45, 2.75) is 0 Å². The van der Waals surface area contributed by atoms with Crippen molar-refractivity contribution in [2.75, 3.05) is 0 Å². The van der Waals surface area contributed by atoms with Gasteiger partial charge in [-0.15, -0.1) is 0 Å². The Labute approximate surface area is 79.0 Å². The summed E-state index contributed by atoms with van der Waals surface area (Å²) >= 11 is 0. The van der Waals surface area contributed by atoms with Crippen LogP contribution < -0.4 is 0 Å². The predicted octanol–water partition coefficient (Wildman–Crippen LogP) is -0.596. The summed E-state index contributed by atoms with van der Waals surface area (Å²) in [5.74, 6) is 0. The van der Waals surface area contributed by atoms with Crippen molar-refractivity contribution < 1.29 is 79.6 Å². The summed E-state index contributed by atoms with van der Waals surface area (Å²) in [6.45, 7) is 0. The van der Waals surface area contributed by atoms with Crippen LogP contribution in [0, 0.1) is 31.1 Å². The van der Waals surface area contributed by atoms with E-state index in [1.807, 2.05) is 0 Å². The summed E-state index contributed by atoms with van der Waals surface area (Å²) in [7, 11) is 0. The molecule has 0 aromatic carbocycles. The third kappa shape index (κ3) is 97.6. The second-order valence-electron chi connectivity index (χ2n) is 0. The van der Waals surface area contributed by atoms with E-state index in [2.05, 4.69) is 0 Å². The molecule has 0 spiro atoms. The van der Waals surface area contributed by atoms with Crippen molar-refractivity contribution >= 4 is 0 Å². The monoisotopic (exact) mass is 502 g/mol. The van der Waals surface area contributed by atoms with E-state index in [0.717, 1.165) is 0 Å². The van der Waals surface area contributed by atoms with Crippen LogP contribution in [0.3, 0.4) is 0 Å². The van der Waals surface area contributed by atoms with E-state index >= 15 is 0 Å². The van der Waals surface area contributed by atoms with Crippen LogP contribution in [0.2, 0.25) is 0 Å². The van der Waals surface area contributed by atoms with Crippen LogP contribution in [0.4, 0.5) is 0 Å². The Hall–Kier alpha value is 1.54. The van der Waals surface area contributed by atoms with E-state index in [4.69, 9.17) is 0 Å². The zero-order chi connectivity index (χ0) is 0. The van der Waals surface area contributed by atoms with Crippen LogP contribution in [0.15, 0.2) is 0 Å². The van der Waals surface area contributed by atoms with E-state index in [1.54, 1.807) is 0 Å². The van der Waals surface area contributed by atoms with Crippen LogP contribution in [0.1, 0.15) is 0 Å². The van der Waals surface area contributed by atoms with Gasteiger partial charge < -0.3 is 27.4 Å². The number of rotatable bonds is 0. The fourth-order valence-electron chi connectivity index (χ4n) is 0. The molecule has 0 atom stereocenters. The largest absolute Gasteiger partial charge is 2.00 e. The van der Waals surface area contributed by atoms with E-state index in [9.17, 15) is 0 Å². The third-order valence-corrected chi connectivity index (χ3v) is 0. The van der Waals surface area contributed by atoms with Gasteiger partial charge in [-0.2, -0.15) is 0 Å². The van der Waals surface area contributed by atoms with E-state index < -0.39 is 0 Å². The van der Waals surface area contributed by atoms with Crippen molar-refractivity contribution in [1.82, 2.24) is 0 Å². The minimum absolute atomic E-state index is 0. The first-order chi connectivity index (χ1) is 0. The van der Waals surface area contributed by atoms with Crippen molar-refractivity contribution in [3.8, 4) is 0 Å². The third-order valence-electron chi connectivity index (χ3n) is 0. The molecule has 0 aliphatic carbocycles. The summed E-state index contributed by atoms with van der Waals surface area (Å²) in [4.78, 5) is 0. The van der Waals surface area contributed by atoms with Gasteiger partial charge in [0.05, 0.1) is 0 Å². The molecule has 0 amide bonds. The van der Waals surface area contributed by atoms with Gasteiger partial charge >= 0.3 is 0 Å². The molecule has 0 aliphatic heterocycles. The SMILES string of the molecule is [O-2].[O-2].[O-2].[O-2].[O-2].[U].[W]. The first kappa shape index (κ1) is 205. The quantitative estimate of drug-likeness (QED) is 0.418. The van der Waals surface area contributed by atoms with Crippen LogP contribution in [0.25, 0.3) is 0 Å². The van der Waals surface area contributed by atoms with Gasteiger partial charge in [0.2, 0.25) is 0 Å². The summed E-state index contributed by atoms with van der Waals surface area (Å²) in [6, 6.07) is 0. The van der Waals surface area contributed by atoms with Crippen LogP contribution in [-0.4, -0.2) is 0 Å². The van der Waals surface area contributed by atoms with Crippen molar-refractivity contribution in [3.05, 3.63) is 0 Å². The van der Waals surface area contributed by atoms with Crippen LogP contribution in [0.5, 0.6) is 0 Å². The zero-order valence-corrected chi connectivity index (χ0v) is 10.0. The van der Waals surface area contributed by atoms with Crippen molar-refractivity contribution in [3.63, 3.8) is 0 Å². The van der Waals surface area contributed by atoms with Crippen molar-refractivity contribution in [2.24, 2.45) is 0 Å². The predicted molar refractivity (Wildman–Crippen MR) is 3.43 cm³/mol. The molecule has 7 heavy (non-hydrogen) atoms. The maximum atomic E-state index is 0. The molecule has 0 bridgehead atoms. The molecule has 0 radical (unpaired) electrons. The maximum Gasteiger partial charge on any atom is 0 e. The van der Waals surface area contributed by atoms with Gasteiger partial charge in [-0.25, -0.2) is 0 Å². The second-order valence-corrected chi connectivity index (χ2v) is 0. The molecule has 0 N–H and O–H groups in total. The molecular weight excluding hydrogens is 502 g/mol. The number of hydrogen-bond donors (Lipinski definition) is 0. The molecule has 0 aromatic rings. The average molecular weight is 502 g/mol. The first-order valence-corrected chi connectivity index (χ1v) is 0. The van der Waals surface area contributed by atoms with Gasteiger partial charge in [-0.05, 0) is 0 Å². The molecule has 5 nitrogen and oxygen atoms in total. The Kier molecular flexibility index (Phi) is 3980. The van der Waals surface area contributed by atoms with Crippen LogP contribution in [-0.2, 0) is 48.4 Å². The number of hydrogen-bond acceptors (Lipinski definition) is 0. The second kappa shape index (κ2) is 136. The van der Waals surface area contributed by atoms with Crippen LogP contribution >= 0.6 is 0 Å². The summed E-state index contributed by atoms with van der Waals surface area (Å²) in [5, 5.41) is 0. The van der Waals surface area contributed by atoms with E-state index in [1.165, 1.54) is 0 Å². The minimum atomic E-state index is 0. The molecule has 0 heterocycles. The Bertz CT molecular complexity index is 8.04. The van der Waals surface area contributed by atoms with E-state index in [-0.39, 0.29) is 79.6 Å². The molecule has 0 unspecified atom stereocenters. The van der Waals surface area contributed by atoms with Gasteiger partial charge in [0, 0.05) is 52.2 Å². The molecule has 7 heteroatoms. The zero-order valence-electron chi connectivity index (χ0n) is 2.95. The molecule has 0 aromatic heterocycles.